The number of ether oxygens (including phenoxy) is 4. The summed E-state index contributed by atoms with van der Waals surface area (Å²) in [6, 6.07) is 6.34. The van der Waals surface area contributed by atoms with Gasteiger partial charge in [0.05, 0.1) is 10.9 Å². The van der Waals surface area contributed by atoms with Crippen LogP contribution in [0.2, 0.25) is 0 Å². The number of aryl methyl sites for hydroxylation is 1. The van der Waals surface area contributed by atoms with E-state index in [-0.39, 0.29) is 41.9 Å². The fourth-order valence-corrected chi connectivity index (χ4v) is 6.51. The molecule has 6 rings (SSSR count). The Morgan fingerprint density at radius 2 is 1.93 bits per heavy atom. The highest BCUT2D eigenvalue weighted by atomic mass is 19.1. The Bertz CT molecular complexity index is 1710. The zero-order chi connectivity index (χ0) is 31.2. The molecule has 0 radical (unpaired) electrons. The Morgan fingerprint density at radius 1 is 1.11 bits per heavy atom. The number of benzene rings is 2. The van der Waals surface area contributed by atoms with Crippen molar-refractivity contribution in [2.24, 2.45) is 0 Å². The topological polar surface area (TPSA) is 78.8 Å². The SMILES string of the molecule is CCc1c(F)ccc2cc(OCOC)cc(-c3ncc4c(OC(C)(C)C)nc(OC[C@@]56CCCN5C[C@H](F)C6)nc4c3F)c12. The van der Waals surface area contributed by atoms with Gasteiger partial charge in [0, 0.05) is 31.8 Å². The van der Waals surface area contributed by atoms with Gasteiger partial charge in [-0.05, 0) is 81.1 Å². The van der Waals surface area contributed by atoms with Gasteiger partial charge in [-0.2, -0.15) is 9.97 Å². The molecule has 2 aromatic carbocycles. The van der Waals surface area contributed by atoms with Crippen LogP contribution in [0.15, 0.2) is 30.5 Å². The highest BCUT2D eigenvalue weighted by molar-refractivity contribution is 6.01. The number of hydrogen-bond donors (Lipinski definition) is 0. The fraction of sp³-hybridized carbons (Fsp3) is 0.485. The van der Waals surface area contributed by atoms with Crippen LogP contribution < -0.4 is 14.2 Å². The summed E-state index contributed by atoms with van der Waals surface area (Å²) in [5.74, 6) is -0.603. The van der Waals surface area contributed by atoms with Gasteiger partial charge in [-0.1, -0.05) is 13.0 Å². The molecule has 2 aromatic heterocycles. The molecule has 0 spiro atoms. The van der Waals surface area contributed by atoms with E-state index < -0.39 is 28.9 Å². The van der Waals surface area contributed by atoms with Crippen LogP contribution in [-0.2, 0) is 11.2 Å². The predicted octanol–water partition coefficient (Wildman–Crippen LogP) is 6.80. The number of fused-ring (bicyclic) bond motifs is 3. The summed E-state index contributed by atoms with van der Waals surface area (Å²) in [5, 5.41) is 1.46. The quantitative estimate of drug-likeness (QED) is 0.192. The maximum Gasteiger partial charge on any atom is 0.320 e. The zero-order valence-corrected chi connectivity index (χ0v) is 25.7. The summed E-state index contributed by atoms with van der Waals surface area (Å²) in [6.45, 7) is 8.75. The third kappa shape index (κ3) is 5.63. The normalized spacial score (nSPS) is 20.4. The first kappa shape index (κ1) is 30.3. The molecule has 2 fully saturated rings. The number of rotatable bonds is 9. The summed E-state index contributed by atoms with van der Waals surface area (Å²) in [7, 11) is 1.50. The summed E-state index contributed by atoms with van der Waals surface area (Å²) in [6.07, 6.45) is 3.06. The van der Waals surface area contributed by atoms with Gasteiger partial charge >= 0.3 is 6.01 Å². The van der Waals surface area contributed by atoms with Crippen LogP contribution in [0.5, 0.6) is 17.6 Å². The third-order valence-corrected chi connectivity index (χ3v) is 8.36. The van der Waals surface area contributed by atoms with Crippen LogP contribution >= 0.6 is 0 Å². The smallest absolute Gasteiger partial charge is 0.320 e. The number of nitrogens with zero attached hydrogens (tertiary/aromatic N) is 4. The lowest BCUT2D eigenvalue weighted by atomic mass is 9.94. The molecule has 2 aliphatic rings. The lowest BCUT2D eigenvalue weighted by molar-refractivity contribution is 0.0512. The second-order valence-electron chi connectivity index (χ2n) is 12.6. The molecule has 44 heavy (non-hydrogen) atoms. The van der Waals surface area contributed by atoms with Gasteiger partial charge < -0.3 is 18.9 Å². The van der Waals surface area contributed by atoms with Gasteiger partial charge in [-0.25, -0.2) is 13.2 Å². The Labute approximate surface area is 254 Å². The summed E-state index contributed by atoms with van der Waals surface area (Å²) < 4.78 is 69.1. The molecule has 0 N–H and O–H groups in total. The van der Waals surface area contributed by atoms with E-state index in [0.29, 0.717) is 47.0 Å². The minimum absolute atomic E-state index is 0.0239. The van der Waals surface area contributed by atoms with Crippen molar-refractivity contribution in [3.63, 3.8) is 0 Å². The van der Waals surface area contributed by atoms with E-state index in [2.05, 4.69) is 19.9 Å². The Balaban J connectivity index is 1.50. The lowest BCUT2D eigenvalue weighted by Crippen LogP contribution is -2.43. The zero-order valence-electron chi connectivity index (χ0n) is 25.7. The molecule has 8 nitrogen and oxygen atoms in total. The van der Waals surface area contributed by atoms with Crippen molar-refractivity contribution < 1.29 is 32.1 Å². The number of methoxy groups -OCH3 is 1. The standard InChI is InChI=1S/C33H37F3N4O4/c1-6-22-25(35)9-8-19-12-21(43-18-41-5)13-23(26(19)22)28-27(36)29-24(15-37-28)30(44-32(2,3)4)39-31(38-29)42-17-33-10-7-11-40(33)16-20(34)14-33/h8-9,12-13,15,20H,6-7,10-11,14,16-18H2,1-5H3/t20-,33+/m1/s1. The van der Waals surface area contributed by atoms with Crippen molar-refractivity contribution in [1.29, 1.82) is 0 Å². The van der Waals surface area contributed by atoms with Gasteiger partial charge in [0.25, 0.3) is 0 Å². The summed E-state index contributed by atoms with van der Waals surface area (Å²) in [5.41, 5.74) is -0.410. The molecule has 0 bridgehead atoms. The average Bonchev–Trinajstić information content (AvgIpc) is 3.50. The average molecular weight is 611 g/mol. The molecular formula is C33H37F3N4O4. The van der Waals surface area contributed by atoms with Crippen LogP contribution in [0.1, 0.15) is 52.5 Å². The largest absolute Gasteiger partial charge is 0.471 e. The van der Waals surface area contributed by atoms with Crippen molar-refractivity contribution >= 4 is 21.7 Å². The molecular weight excluding hydrogens is 573 g/mol. The number of hydrogen-bond acceptors (Lipinski definition) is 8. The molecule has 11 heteroatoms. The third-order valence-electron chi connectivity index (χ3n) is 8.36. The first-order chi connectivity index (χ1) is 21.0. The van der Waals surface area contributed by atoms with Gasteiger partial charge in [-0.3, -0.25) is 9.88 Å². The van der Waals surface area contributed by atoms with Crippen molar-refractivity contribution in [2.75, 3.05) is 33.6 Å². The van der Waals surface area contributed by atoms with E-state index >= 15 is 8.78 Å². The maximum atomic E-state index is 16.7. The summed E-state index contributed by atoms with van der Waals surface area (Å²) in [4.78, 5) is 15.6. The van der Waals surface area contributed by atoms with Crippen LogP contribution in [0.3, 0.4) is 0 Å². The van der Waals surface area contributed by atoms with E-state index in [0.717, 1.165) is 19.4 Å². The van der Waals surface area contributed by atoms with E-state index in [1.807, 2.05) is 27.7 Å². The molecule has 0 saturated carbocycles. The Kier molecular flexibility index (Phi) is 8.04. The maximum absolute atomic E-state index is 16.7. The van der Waals surface area contributed by atoms with Crippen molar-refractivity contribution in [3.8, 4) is 28.9 Å². The molecule has 0 aliphatic carbocycles. The van der Waals surface area contributed by atoms with Gasteiger partial charge in [0.1, 0.15) is 41.2 Å². The number of pyridine rings is 1. The van der Waals surface area contributed by atoms with Gasteiger partial charge in [0.15, 0.2) is 12.6 Å². The van der Waals surface area contributed by atoms with Crippen LogP contribution in [0.25, 0.3) is 32.9 Å². The van der Waals surface area contributed by atoms with Crippen molar-refractivity contribution in [1.82, 2.24) is 19.9 Å². The molecule has 234 valence electrons. The molecule has 4 heterocycles. The lowest BCUT2D eigenvalue weighted by Gasteiger charge is -2.31. The molecule has 2 aliphatic heterocycles. The highest BCUT2D eigenvalue weighted by Gasteiger charge is 2.49. The second kappa shape index (κ2) is 11.7. The second-order valence-corrected chi connectivity index (χ2v) is 12.6. The molecule has 2 atom stereocenters. The minimum atomic E-state index is -0.918. The summed E-state index contributed by atoms with van der Waals surface area (Å²) >= 11 is 0. The fourth-order valence-electron chi connectivity index (χ4n) is 6.51. The van der Waals surface area contributed by atoms with Crippen LogP contribution in [0.4, 0.5) is 13.2 Å². The van der Waals surface area contributed by atoms with Gasteiger partial charge in [0.2, 0.25) is 5.88 Å². The van der Waals surface area contributed by atoms with Crippen molar-refractivity contribution in [3.05, 3.63) is 47.7 Å². The molecule has 4 aromatic rings. The Morgan fingerprint density at radius 3 is 2.68 bits per heavy atom. The van der Waals surface area contributed by atoms with E-state index in [4.69, 9.17) is 18.9 Å². The van der Waals surface area contributed by atoms with Crippen LogP contribution in [0, 0.1) is 11.6 Å². The molecule has 0 amide bonds. The monoisotopic (exact) mass is 610 g/mol. The first-order valence-corrected chi connectivity index (χ1v) is 15.0. The van der Waals surface area contributed by atoms with Crippen LogP contribution in [-0.4, -0.2) is 70.8 Å². The number of aromatic nitrogens is 3. The van der Waals surface area contributed by atoms with E-state index in [1.54, 1.807) is 18.2 Å². The van der Waals surface area contributed by atoms with Crippen molar-refractivity contribution in [2.45, 2.75) is 70.7 Å². The molecule has 2 saturated heterocycles. The Hall–Kier alpha value is -3.70. The number of alkyl halides is 1. The van der Waals surface area contributed by atoms with E-state index in [9.17, 15) is 4.39 Å². The van der Waals surface area contributed by atoms with E-state index in [1.165, 1.54) is 19.4 Å². The predicted molar refractivity (Wildman–Crippen MR) is 161 cm³/mol. The molecule has 0 unspecified atom stereocenters. The highest BCUT2D eigenvalue weighted by Crippen LogP contribution is 2.42. The number of halogens is 3. The minimum Gasteiger partial charge on any atom is -0.471 e. The van der Waals surface area contributed by atoms with Gasteiger partial charge in [-0.15, -0.1) is 0 Å². The first-order valence-electron chi connectivity index (χ1n) is 15.0.